The number of rotatable bonds is 8. The van der Waals surface area contributed by atoms with Gasteiger partial charge in [0, 0.05) is 5.56 Å². The first kappa shape index (κ1) is 22.7. The second-order valence-electron chi connectivity index (χ2n) is 7.20. The Morgan fingerprint density at radius 2 is 1.74 bits per heavy atom. The molecule has 10 heteroatoms. The maximum absolute atomic E-state index is 12.6. The molecule has 0 saturated heterocycles. The number of nitrogens with zero attached hydrogens (tertiary/aromatic N) is 3. The van der Waals surface area contributed by atoms with Gasteiger partial charge in [-0.2, -0.15) is 0 Å². The molecule has 1 aromatic heterocycles. The van der Waals surface area contributed by atoms with Gasteiger partial charge in [0.05, 0.1) is 19.1 Å². The molecule has 0 radical (unpaired) electrons. The summed E-state index contributed by atoms with van der Waals surface area (Å²) >= 11 is 1.20. The molecule has 0 aliphatic carbocycles. The Morgan fingerprint density at radius 1 is 1.10 bits per heavy atom. The highest BCUT2D eigenvalue weighted by Gasteiger charge is 2.22. The van der Waals surface area contributed by atoms with E-state index in [1.165, 1.54) is 11.3 Å². The zero-order valence-electron chi connectivity index (χ0n) is 17.7. The molecule has 0 spiro atoms. The van der Waals surface area contributed by atoms with Crippen LogP contribution < -0.4 is 14.4 Å². The highest BCUT2D eigenvalue weighted by Crippen LogP contribution is 2.28. The minimum atomic E-state index is -3.65. The van der Waals surface area contributed by atoms with Crippen molar-refractivity contribution in [3.05, 3.63) is 54.1 Å². The van der Waals surface area contributed by atoms with Gasteiger partial charge in [-0.1, -0.05) is 37.3 Å². The lowest BCUT2D eigenvalue weighted by atomic mass is 10.0. The molecule has 2 aromatic carbocycles. The summed E-state index contributed by atoms with van der Waals surface area (Å²) in [6.45, 7) is 3.75. The smallest absolute Gasteiger partial charge is 0.246 e. The van der Waals surface area contributed by atoms with Gasteiger partial charge in [-0.3, -0.25) is 14.4 Å². The number of nitrogens with one attached hydrogen (secondary N) is 1. The van der Waals surface area contributed by atoms with Crippen LogP contribution in [-0.2, 0) is 14.8 Å². The van der Waals surface area contributed by atoms with Gasteiger partial charge in [0.15, 0.2) is 0 Å². The molecule has 1 heterocycles. The molecule has 8 nitrogen and oxygen atoms in total. The van der Waals surface area contributed by atoms with Crippen molar-refractivity contribution < 1.29 is 17.9 Å². The zero-order chi connectivity index (χ0) is 22.6. The quantitative estimate of drug-likeness (QED) is 0.549. The number of ether oxygens (including phenoxy) is 1. The van der Waals surface area contributed by atoms with E-state index in [0.717, 1.165) is 27.4 Å². The molecule has 0 bridgehead atoms. The Morgan fingerprint density at radius 3 is 2.29 bits per heavy atom. The lowest BCUT2D eigenvalue weighted by Crippen LogP contribution is -2.37. The number of hydrogen-bond donors (Lipinski definition) is 1. The molecule has 0 fully saturated rings. The van der Waals surface area contributed by atoms with E-state index in [4.69, 9.17) is 4.74 Å². The molecular weight excluding hydrogens is 436 g/mol. The number of hydrogen-bond acceptors (Lipinski definition) is 7. The lowest BCUT2D eigenvalue weighted by Gasteiger charge is -2.22. The van der Waals surface area contributed by atoms with Crippen molar-refractivity contribution in [1.29, 1.82) is 0 Å². The highest BCUT2D eigenvalue weighted by molar-refractivity contribution is 7.92. The fraction of sp³-hybridized carbons (Fsp3) is 0.286. The third kappa shape index (κ3) is 5.80. The molecule has 3 aromatic rings. The molecule has 0 unspecified atom stereocenters. The normalized spacial score (nSPS) is 11.4. The highest BCUT2D eigenvalue weighted by atomic mass is 32.2. The third-order valence-electron chi connectivity index (χ3n) is 4.54. The first-order chi connectivity index (χ1) is 14.7. The van der Waals surface area contributed by atoms with E-state index in [1.54, 1.807) is 19.2 Å². The Balaban J connectivity index is 1.72. The van der Waals surface area contributed by atoms with E-state index in [1.807, 2.05) is 36.4 Å². The summed E-state index contributed by atoms with van der Waals surface area (Å²) in [6.07, 6.45) is 1.07. The van der Waals surface area contributed by atoms with Gasteiger partial charge < -0.3 is 4.74 Å². The summed E-state index contributed by atoms with van der Waals surface area (Å²) in [5.74, 6) is 0.543. The van der Waals surface area contributed by atoms with Crippen molar-refractivity contribution >= 4 is 38.1 Å². The summed E-state index contributed by atoms with van der Waals surface area (Å²) in [5, 5.41) is 11.6. The largest absolute Gasteiger partial charge is 0.497 e. The van der Waals surface area contributed by atoms with Crippen LogP contribution in [0.15, 0.2) is 48.5 Å². The van der Waals surface area contributed by atoms with Crippen LogP contribution in [-0.4, -0.2) is 44.4 Å². The Bertz CT molecular complexity index is 1140. The van der Waals surface area contributed by atoms with Crippen LogP contribution in [0, 0.1) is 0 Å². The van der Waals surface area contributed by atoms with E-state index in [2.05, 4.69) is 29.4 Å². The molecule has 1 N–H and O–H groups in total. The molecule has 0 saturated carbocycles. The Labute approximate surface area is 185 Å². The van der Waals surface area contributed by atoms with Crippen LogP contribution in [0.4, 0.5) is 10.8 Å². The van der Waals surface area contributed by atoms with Crippen LogP contribution in [0.5, 0.6) is 5.75 Å². The number of carbonyl (C=O) groups excluding carboxylic acids is 1. The predicted octanol–water partition coefficient (Wildman–Crippen LogP) is 3.74. The average Bonchev–Trinajstić information content (AvgIpc) is 3.19. The summed E-state index contributed by atoms with van der Waals surface area (Å²) in [4.78, 5) is 12.6. The standard InChI is InChI=1S/C21H24N4O4S2/c1-14(2)15-5-9-17(10-6-15)25(31(4,27)28)13-19(26)22-21-24-23-20(30-21)16-7-11-18(29-3)12-8-16/h5-12,14H,13H2,1-4H3,(H,22,24,26). The van der Waals surface area contributed by atoms with Crippen LogP contribution in [0.2, 0.25) is 0 Å². The Kier molecular flexibility index (Phi) is 6.91. The predicted molar refractivity (Wildman–Crippen MR) is 123 cm³/mol. The lowest BCUT2D eigenvalue weighted by molar-refractivity contribution is -0.114. The van der Waals surface area contributed by atoms with Gasteiger partial charge in [0.25, 0.3) is 0 Å². The molecule has 3 rings (SSSR count). The Hall–Kier alpha value is -2.98. The fourth-order valence-corrected chi connectivity index (χ4v) is 4.46. The fourth-order valence-electron chi connectivity index (χ4n) is 2.84. The number of methoxy groups -OCH3 is 1. The first-order valence-corrected chi connectivity index (χ1v) is 12.2. The summed E-state index contributed by atoms with van der Waals surface area (Å²) in [7, 11) is -2.07. The van der Waals surface area contributed by atoms with Crippen LogP contribution in [0.25, 0.3) is 10.6 Å². The molecule has 31 heavy (non-hydrogen) atoms. The van der Waals surface area contributed by atoms with E-state index in [-0.39, 0.29) is 6.54 Å². The number of benzene rings is 2. The number of anilines is 2. The summed E-state index contributed by atoms with van der Waals surface area (Å²) in [5.41, 5.74) is 2.35. The monoisotopic (exact) mass is 460 g/mol. The number of carbonyl (C=O) groups is 1. The minimum absolute atomic E-state index is 0.291. The van der Waals surface area contributed by atoms with Crippen molar-refractivity contribution in [3.63, 3.8) is 0 Å². The van der Waals surface area contributed by atoms with Crippen molar-refractivity contribution in [2.24, 2.45) is 0 Å². The van der Waals surface area contributed by atoms with E-state index < -0.39 is 15.9 Å². The zero-order valence-corrected chi connectivity index (χ0v) is 19.3. The van der Waals surface area contributed by atoms with E-state index in [0.29, 0.717) is 21.7 Å². The van der Waals surface area contributed by atoms with Crippen molar-refractivity contribution in [1.82, 2.24) is 10.2 Å². The van der Waals surface area contributed by atoms with Crippen molar-refractivity contribution in [2.45, 2.75) is 19.8 Å². The maximum atomic E-state index is 12.6. The SMILES string of the molecule is COc1ccc(-c2nnc(NC(=O)CN(c3ccc(C(C)C)cc3)S(C)(=O)=O)s2)cc1. The number of sulfonamides is 1. The number of amides is 1. The number of aromatic nitrogens is 2. The van der Waals surface area contributed by atoms with Gasteiger partial charge in [-0.15, -0.1) is 10.2 Å². The van der Waals surface area contributed by atoms with Gasteiger partial charge in [-0.05, 0) is 47.9 Å². The van der Waals surface area contributed by atoms with Crippen LogP contribution in [0.1, 0.15) is 25.3 Å². The van der Waals surface area contributed by atoms with Crippen molar-refractivity contribution in [2.75, 3.05) is 29.5 Å². The molecule has 1 amide bonds. The van der Waals surface area contributed by atoms with E-state index in [9.17, 15) is 13.2 Å². The average molecular weight is 461 g/mol. The van der Waals surface area contributed by atoms with Gasteiger partial charge in [-0.25, -0.2) is 8.42 Å². The third-order valence-corrected chi connectivity index (χ3v) is 6.57. The molecule has 0 aliphatic heterocycles. The van der Waals surface area contributed by atoms with Gasteiger partial charge in [0.1, 0.15) is 17.3 Å². The molecule has 0 aliphatic rings. The topological polar surface area (TPSA) is 101 Å². The second-order valence-corrected chi connectivity index (χ2v) is 10.1. The molecule has 0 atom stereocenters. The molecule has 164 valence electrons. The second kappa shape index (κ2) is 9.44. The van der Waals surface area contributed by atoms with Gasteiger partial charge in [0.2, 0.25) is 21.1 Å². The first-order valence-electron chi connectivity index (χ1n) is 9.53. The van der Waals surface area contributed by atoms with Crippen LogP contribution >= 0.6 is 11.3 Å². The van der Waals surface area contributed by atoms with Crippen LogP contribution in [0.3, 0.4) is 0 Å². The maximum Gasteiger partial charge on any atom is 0.246 e. The van der Waals surface area contributed by atoms with Gasteiger partial charge >= 0.3 is 0 Å². The molecular formula is C21H24N4O4S2. The summed E-state index contributed by atoms with van der Waals surface area (Å²) in [6, 6.07) is 14.4. The summed E-state index contributed by atoms with van der Waals surface area (Å²) < 4.78 is 30.8. The van der Waals surface area contributed by atoms with E-state index >= 15 is 0 Å². The minimum Gasteiger partial charge on any atom is -0.497 e. The van der Waals surface area contributed by atoms with Crippen molar-refractivity contribution in [3.8, 4) is 16.3 Å².